The normalized spacial score (nSPS) is 11.2. The zero-order valence-electron chi connectivity index (χ0n) is 18.4. The number of amides is 1. The van der Waals surface area contributed by atoms with Gasteiger partial charge in [0.2, 0.25) is 0 Å². The van der Waals surface area contributed by atoms with Crippen molar-refractivity contribution >= 4 is 29.0 Å². The number of nitrogens with two attached hydrogens (primary N) is 1. The highest BCUT2D eigenvalue weighted by Crippen LogP contribution is 2.26. The maximum atomic E-state index is 13.4. The summed E-state index contributed by atoms with van der Waals surface area (Å²) in [5, 5.41) is 0.590. The second kappa shape index (κ2) is 9.91. The minimum absolute atomic E-state index is 0.0273. The van der Waals surface area contributed by atoms with Crippen LogP contribution in [-0.4, -0.2) is 22.0 Å². The predicted molar refractivity (Wildman–Crippen MR) is 126 cm³/mol. The molecule has 2 aromatic heterocycles. The van der Waals surface area contributed by atoms with Crippen LogP contribution in [0, 0.1) is 5.92 Å². The molecule has 0 bridgehead atoms. The first-order valence-corrected chi connectivity index (χ1v) is 10.9. The van der Waals surface area contributed by atoms with Crippen molar-refractivity contribution in [3.05, 3.63) is 68.0 Å². The molecular weight excluding hydrogens is 432 g/mol. The summed E-state index contributed by atoms with van der Waals surface area (Å²) < 4.78 is 7.09. The first-order chi connectivity index (χ1) is 15.2. The molecule has 0 saturated carbocycles. The van der Waals surface area contributed by atoms with Crippen molar-refractivity contribution in [1.82, 2.24) is 9.55 Å². The number of furan rings is 1. The Kier molecular flexibility index (Phi) is 7.25. The maximum absolute atomic E-state index is 13.4. The molecule has 0 unspecified atom stereocenters. The number of aromatic nitrogens is 2. The summed E-state index contributed by atoms with van der Waals surface area (Å²) in [7, 11) is 0. The number of nitrogens with one attached hydrogen (secondary N) is 1. The van der Waals surface area contributed by atoms with Crippen molar-refractivity contribution in [3.63, 3.8) is 0 Å². The molecule has 3 aromatic rings. The van der Waals surface area contributed by atoms with E-state index in [0.29, 0.717) is 23.7 Å². The minimum Gasteiger partial charge on any atom is -0.451 e. The van der Waals surface area contributed by atoms with Gasteiger partial charge in [0.05, 0.1) is 0 Å². The van der Waals surface area contributed by atoms with E-state index in [-0.39, 0.29) is 29.7 Å². The number of hydrogen-bond acceptors (Lipinski definition) is 5. The van der Waals surface area contributed by atoms with E-state index in [9.17, 15) is 14.4 Å². The number of hydrogen-bond donors (Lipinski definition) is 2. The Bertz CT molecular complexity index is 1210. The summed E-state index contributed by atoms with van der Waals surface area (Å²) in [4.78, 5) is 42.0. The Morgan fingerprint density at radius 1 is 1.19 bits per heavy atom. The fourth-order valence-electron chi connectivity index (χ4n) is 3.37. The number of nitrogen functional groups attached to an aromatic ring is 1. The van der Waals surface area contributed by atoms with Crippen LogP contribution in [0.15, 0.2) is 50.4 Å². The number of carbonyl (C=O) groups is 1. The highest BCUT2D eigenvalue weighted by atomic mass is 35.5. The number of aromatic amines is 1. The van der Waals surface area contributed by atoms with Gasteiger partial charge in [-0.05, 0) is 48.7 Å². The van der Waals surface area contributed by atoms with Gasteiger partial charge >= 0.3 is 5.69 Å². The summed E-state index contributed by atoms with van der Waals surface area (Å²) >= 11 is 5.94. The largest absolute Gasteiger partial charge is 0.451 e. The van der Waals surface area contributed by atoms with Gasteiger partial charge < -0.3 is 10.2 Å². The molecule has 2 heterocycles. The molecule has 0 aliphatic carbocycles. The molecule has 3 rings (SSSR count). The van der Waals surface area contributed by atoms with Gasteiger partial charge in [0, 0.05) is 23.7 Å². The molecule has 32 heavy (non-hydrogen) atoms. The van der Waals surface area contributed by atoms with Gasteiger partial charge in [-0.3, -0.25) is 24.0 Å². The average molecular weight is 459 g/mol. The third kappa shape index (κ3) is 4.96. The average Bonchev–Trinajstić information content (AvgIpc) is 3.22. The van der Waals surface area contributed by atoms with Crippen LogP contribution in [0.3, 0.4) is 0 Å². The second-order valence-electron chi connectivity index (χ2n) is 7.98. The topological polar surface area (TPSA) is 114 Å². The van der Waals surface area contributed by atoms with Crippen LogP contribution in [0.5, 0.6) is 0 Å². The number of rotatable bonds is 8. The van der Waals surface area contributed by atoms with Crippen molar-refractivity contribution in [2.24, 2.45) is 5.92 Å². The number of H-pyrrole nitrogens is 1. The molecule has 1 amide bonds. The maximum Gasteiger partial charge on any atom is 0.330 e. The molecule has 0 fully saturated rings. The van der Waals surface area contributed by atoms with Crippen molar-refractivity contribution in [2.45, 2.75) is 40.2 Å². The molecule has 1 aromatic carbocycles. The van der Waals surface area contributed by atoms with Crippen molar-refractivity contribution < 1.29 is 9.21 Å². The number of halogens is 1. The van der Waals surface area contributed by atoms with E-state index in [2.05, 4.69) is 4.98 Å². The lowest BCUT2D eigenvalue weighted by Crippen LogP contribution is -2.42. The van der Waals surface area contributed by atoms with Crippen LogP contribution >= 0.6 is 11.6 Å². The molecule has 3 N–H and O–H groups in total. The van der Waals surface area contributed by atoms with Gasteiger partial charge in [-0.15, -0.1) is 0 Å². The van der Waals surface area contributed by atoms with Gasteiger partial charge in [-0.25, -0.2) is 4.79 Å². The Morgan fingerprint density at radius 3 is 2.50 bits per heavy atom. The third-order valence-corrected chi connectivity index (χ3v) is 5.21. The molecule has 0 spiro atoms. The van der Waals surface area contributed by atoms with Crippen molar-refractivity contribution in [3.8, 4) is 11.3 Å². The molecule has 0 atom stereocenters. The monoisotopic (exact) mass is 458 g/mol. The summed E-state index contributed by atoms with van der Waals surface area (Å²) in [5.41, 5.74) is 5.64. The number of unbranched alkanes of at least 4 members (excludes halogenated alkanes) is 1. The molecule has 8 nitrogen and oxygen atoms in total. The van der Waals surface area contributed by atoms with E-state index < -0.39 is 17.2 Å². The molecule has 0 saturated heterocycles. The fourth-order valence-corrected chi connectivity index (χ4v) is 3.50. The minimum atomic E-state index is -0.710. The Morgan fingerprint density at radius 2 is 1.88 bits per heavy atom. The van der Waals surface area contributed by atoms with Gasteiger partial charge in [-0.2, -0.15) is 0 Å². The predicted octanol–water partition coefficient (Wildman–Crippen LogP) is 4.14. The number of carbonyl (C=O) groups excluding carboxylic acids is 1. The molecular formula is C23H27ClN4O4. The van der Waals surface area contributed by atoms with E-state index in [1.807, 2.05) is 20.8 Å². The van der Waals surface area contributed by atoms with E-state index in [4.69, 9.17) is 21.8 Å². The highest BCUT2D eigenvalue weighted by Gasteiger charge is 2.28. The SMILES string of the molecule is CCCCn1c(N)c(N(CC(C)C)C(=O)c2ccc(-c3ccc(Cl)cc3)o2)c(=O)[nH]c1=O. The summed E-state index contributed by atoms with van der Waals surface area (Å²) in [6.45, 7) is 6.38. The van der Waals surface area contributed by atoms with Gasteiger partial charge in [0.1, 0.15) is 11.6 Å². The van der Waals surface area contributed by atoms with Gasteiger partial charge in [-0.1, -0.05) is 38.8 Å². The quantitative estimate of drug-likeness (QED) is 0.526. The van der Waals surface area contributed by atoms with Gasteiger partial charge in [0.25, 0.3) is 11.5 Å². The van der Waals surface area contributed by atoms with Crippen LogP contribution in [0.25, 0.3) is 11.3 Å². The van der Waals surface area contributed by atoms with Crippen molar-refractivity contribution in [2.75, 3.05) is 17.2 Å². The van der Waals surface area contributed by atoms with Crippen LogP contribution in [-0.2, 0) is 6.54 Å². The standard InChI is InChI=1S/C23H27ClN4O4/c1-4-5-12-27-20(25)19(21(29)26-23(27)31)28(13-14(2)3)22(30)18-11-10-17(32-18)15-6-8-16(24)9-7-15/h6-11,14H,4-5,12-13,25H2,1-3H3,(H,26,29,31). The first kappa shape index (κ1) is 23.4. The number of anilines is 2. The second-order valence-corrected chi connectivity index (χ2v) is 8.42. The van der Waals surface area contributed by atoms with E-state index in [1.54, 1.807) is 36.4 Å². The molecule has 0 radical (unpaired) electrons. The lowest BCUT2D eigenvalue weighted by Gasteiger charge is -2.25. The summed E-state index contributed by atoms with van der Waals surface area (Å²) in [6, 6.07) is 10.3. The Balaban J connectivity index is 2.04. The number of benzene rings is 1. The summed E-state index contributed by atoms with van der Waals surface area (Å²) in [5.74, 6) is 0.0203. The summed E-state index contributed by atoms with van der Waals surface area (Å²) in [6.07, 6.45) is 1.55. The lowest BCUT2D eigenvalue weighted by molar-refractivity contribution is 0.0957. The molecule has 170 valence electrons. The van der Waals surface area contributed by atoms with Crippen LogP contribution in [0.2, 0.25) is 5.02 Å². The van der Waals surface area contributed by atoms with E-state index >= 15 is 0 Å². The highest BCUT2D eigenvalue weighted by molar-refractivity contribution is 6.30. The van der Waals surface area contributed by atoms with E-state index in [1.165, 1.54) is 9.47 Å². The molecule has 0 aliphatic rings. The van der Waals surface area contributed by atoms with E-state index in [0.717, 1.165) is 12.0 Å². The fraction of sp³-hybridized carbons (Fsp3) is 0.348. The third-order valence-electron chi connectivity index (χ3n) is 4.96. The number of nitrogens with zero attached hydrogens (tertiary/aromatic N) is 2. The van der Waals surface area contributed by atoms with Crippen LogP contribution in [0.4, 0.5) is 11.5 Å². The molecule has 9 heteroatoms. The first-order valence-electron chi connectivity index (χ1n) is 10.5. The zero-order chi connectivity index (χ0) is 23.4. The lowest BCUT2D eigenvalue weighted by atomic mass is 10.2. The van der Waals surface area contributed by atoms with Crippen molar-refractivity contribution in [1.29, 1.82) is 0 Å². The zero-order valence-corrected chi connectivity index (χ0v) is 19.1. The van der Waals surface area contributed by atoms with Crippen LogP contribution in [0.1, 0.15) is 44.2 Å². The molecule has 0 aliphatic heterocycles. The Labute approximate surface area is 190 Å². The Hall–Kier alpha value is -3.26. The van der Waals surface area contributed by atoms with Crippen LogP contribution < -0.4 is 21.9 Å². The smallest absolute Gasteiger partial charge is 0.330 e. The van der Waals surface area contributed by atoms with Gasteiger partial charge in [0.15, 0.2) is 11.4 Å².